The first-order chi connectivity index (χ1) is 16.7. The van der Waals surface area contributed by atoms with Gasteiger partial charge in [-0.1, -0.05) is 25.1 Å². The van der Waals surface area contributed by atoms with E-state index in [9.17, 15) is 13.2 Å². The fraction of sp³-hybridized carbons (Fsp3) is 0.385. The van der Waals surface area contributed by atoms with Gasteiger partial charge in [-0.25, -0.2) is 4.98 Å². The average Bonchev–Trinajstić information content (AvgIpc) is 3.47. The van der Waals surface area contributed by atoms with Gasteiger partial charge in [-0.05, 0) is 72.8 Å². The molecule has 0 amide bonds. The summed E-state index contributed by atoms with van der Waals surface area (Å²) in [4.78, 5) is 8.15. The lowest BCUT2D eigenvalue weighted by Gasteiger charge is -2.14. The first kappa shape index (κ1) is 24.8. The summed E-state index contributed by atoms with van der Waals surface area (Å²) in [5.41, 5.74) is 11.4. The Bertz CT molecular complexity index is 1210. The van der Waals surface area contributed by atoms with Gasteiger partial charge >= 0.3 is 6.18 Å². The standard InChI is InChI=1S/C14H18.C12H13F3N6/c1-2-10-3-6-12-7-8-13(9-14(10)12)11-4-5-11;1-21-5-9(19-6-21)8-4-7(2-3-18-8)10(16)11(20-17)12(13,14)15/h7-11H,2-6H2,1H3;2-6,20H,16-17H2,1H3/b;11-10-. The molecule has 2 heterocycles. The van der Waals surface area contributed by atoms with Crippen LogP contribution in [0.1, 0.15) is 66.7 Å². The number of nitrogens with two attached hydrogens (primary N) is 2. The smallest absolute Gasteiger partial charge is 0.397 e. The van der Waals surface area contributed by atoms with E-state index < -0.39 is 17.6 Å². The van der Waals surface area contributed by atoms with E-state index in [1.165, 1.54) is 50.4 Å². The molecule has 1 atom stereocenters. The molecule has 5 N–H and O–H groups in total. The zero-order valence-electron chi connectivity index (χ0n) is 19.9. The number of hydrogen-bond donors (Lipinski definition) is 3. The van der Waals surface area contributed by atoms with Crippen LogP contribution in [0.3, 0.4) is 0 Å². The number of imidazole rings is 1. The Labute approximate surface area is 203 Å². The Morgan fingerprint density at radius 3 is 2.49 bits per heavy atom. The lowest BCUT2D eigenvalue weighted by molar-refractivity contribution is -0.0961. The van der Waals surface area contributed by atoms with Gasteiger partial charge in [-0.15, -0.1) is 0 Å². The van der Waals surface area contributed by atoms with Gasteiger partial charge in [-0.2, -0.15) is 13.2 Å². The highest BCUT2D eigenvalue weighted by molar-refractivity contribution is 5.69. The van der Waals surface area contributed by atoms with Gasteiger partial charge in [0.2, 0.25) is 0 Å². The van der Waals surface area contributed by atoms with Crippen molar-refractivity contribution in [2.45, 2.75) is 57.0 Å². The lowest BCUT2D eigenvalue weighted by atomic mass is 9.96. The number of pyridine rings is 1. The van der Waals surface area contributed by atoms with Crippen LogP contribution >= 0.6 is 0 Å². The number of aryl methyl sites for hydroxylation is 2. The number of benzene rings is 1. The predicted octanol–water partition coefficient (Wildman–Crippen LogP) is 5.14. The molecule has 1 saturated carbocycles. The number of hydrogen-bond acceptors (Lipinski definition) is 5. The molecule has 1 unspecified atom stereocenters. The highest BCUT2D eigenvalue weighted by Crippen LogP contribution is 2.43. The Hall–Kier alpha value is -3.33. The minimum Gasteiger partial charge on any atom is -0.397 e. The van der Waals surface area contributed by atoms with Crippen molar-refractivity contribution < 1.29 is 13.2 Å². The van der Waals surface area contributed by atoms with E-state index in [1.54, 1.807) is 46.3 Å². The number of allylic oxidation sites excluding steroid dienone is 1. The number of aromatic nitrogens is 3. The summed E-state index contributed by atoms with van der Waals surface area (Å²) in [5, 5.41) is 0. The second kappa shape index (κ2) is 10.1. The predicted molar refractivity (Wildman–Crippen MR) is 131 cm³/mol. The molecule has 6 nitrogen and oxygen atoms in total. The van der Waals surface area contributed by atoms with Crippen molar-refractivity contribution in [2.24, 2.45) is 18.6 Å². The Balaban J connectivity index is 0.000000177. The number of nitrogens with zero attached hydrogens (tertiary/aromatic N) is 3. The lowest BCUT2D eigenvalue weighted by Crippen LogP contribution is -2.34. The first-order valence-corrected chi connectivity index (χ1v) is 11.8. The fourth-order valence-corrected chi connectivity index (χ4v) is 4.54. The zero-order valence-corrected chi connectivity index (χ0v) is 19.9. The molecule has 0 spiro atoms. The van der Waals surface area contributed by atoms with Crippen molar-refractivity contribution in [1.29, 1.82) is 0 Å². The third-order valence-electron chi connectivity index (χ3n) is 6.65. The van der Waals surface area contributed by atoms with Crippen molar-refractivity contribution >= 4 is 5.70 Å². The quantitative estimate of drug-likeness (QED) is 0.344. The van der Waals surface area contributed by atoms with E-state index in [4.69, 9.17) is 11.6 Å². The molecule has 0 aliphatic heterocycles. The molecule has 2 aliphatic carbocycles. The van der Waals surface area contributed by atoms with Gasteiger partial charge in [0.25, 0.3) is 0 Å². The highest BCUT2D eigenvalue weighted by atomic mass is 19.4. The molecular weight excluding hydrogens is 453 g/mol. The molecule has 3 aromatic rings. The first-order valence-electron chi connectivity index (χ1n) is 11.8. The molecule has 1 aromatic carbocycles. The minimum absolute atomic E-state index is 0.149. The molecule has 9 heteroatoms. The number of halogens is 3. The molecule has 0 radical (unpaired) electrons. The normalized spacial score (nSPS) is 17.8. The maximum atomic E-state index is 12.8. The number of alkyl halides is 3. The summed E-state index contributed by atoms with van der Waals surface area (Å²) in [6.45, 7) is 2.32. The molecule has 2 aromatic heterocycles. The SMILES string of the molecule is CCC1CCc2ccc(C3CC3)cc21.Cn1cnc(-c2cc(/C(N)=C(/NN)C(F)(F)F)ccn2)c1. The Morgan fingerprint density at radius 2 is 1.89 bits per heavy atom. The van der Waals surface area contributed by atoms with Crippen molar-refractivity contribution in [3.63, 3.8) is 0 Å². The van der Waals surface area contributed by atoms with Crippen LogP contribution in [-0.2, 0) is 13.5 Å². The molecule has 0 bridgehead atoms. The molecular formula is C26H31F3N6. The second-order valence-electron chi connectivity index (χ2n) is 9.16. The number of nitrogens with one attached hydrogen (secondary N) is 1. The maximum absolute atomic E-state index is 12.8. The maximum Gasteiger partial charge on any atom is 0.434 e. The van der Waals surface area contributed by atoms with Crippen molar-refractivity contribution in [3.05, 3.63) is 77.0 Å². The van der Waals surface area contributed by atoms with Gasteiger partial charge in [0, 0.05) is 25.0 Å². The van der Waals surface area contributed by atoms with Crippen LogP contribution in [0.4, 0.5) is 13.2 Å². The fourth-order valence-electron chi connectivity index (χ4n) is 4.54. The zero-order chi connectivity index (χ0) is 25.2. The van der Waals surface area contributed by atoms with Crippen molar-refractivity contribution in [2.75, 3.05) is 0 Å². The van der Waals surface area contributed by atoms with Gasteiger partial charge in [-0.3, -0.25) is 10.8 Å². The highest BCUT2D eigenvalue weighted by Gasteiger charge is 2.36. The van der Waals surface area contributed by atoms with Crippen LogP contribution in [0, 0.1) is 0 Å². The second-order valence-corrected chi connectivity index (χ2v) is 9.16. The molecule has 35 heavy (non-hydrogen) atoms. The van der Waals surface area contributed by atoms with E-state index in [2.05, 4.69) is 35.1 Å². The average molecular weight is 485 g/mol. The third-order valence-corrected chi connectivity index (χ3v) is 6.65. The van der Waals surface area contributed by atoms with Crippen LogP contribution < -0.4 is 17.0 Å². The van der Waals surface area contributed by atoms with Gasteiger partial charge in [0.15, 0.2) is 5.70 Å². The van der Waals surface area contributed by atoms with E-state index >= 15 is 0 Å². The topological polar surface area (TPSA) is 94.8 Å². The molecule has 0 saturated heterocycles. The Kier molecular flexibility index (Phi) is 7.16. The molecule has 5 rings (SSSR count). The summed E-state index contributed by atoms with van der Waals surface area (Å²) >= 11 is 0. The van der Waals surface area contributed by atoms with Gasteiger partial charge in [0.05, 0.1) is 17.7 Å². The van der Waals surface area contributed by atoms with Gasteiger partial charge < -0.3 is 15.7 Å². The van der Waals surface area contributed by atoms with Crippen molar-refractivity contribution in [1.82, 2.24) is 20.0 Å². The summed E-state index contributed by atoms with van der Waals surface area (Å²) in [6.07, 6.45) is 6.82. The van der Waals surface area contributed by atoms with E-state index in [0.717, 1.165) is 11.8 Å². The Morgan fingerprint density at radius 1 is 1.11 bits per heavy atom. The van der Waals surface area contributed by atoms with Crippen LogP contribution in [-0.4, -0.2) is 20.7 Å². The van der Waals surface area contributed by atoms with Gasteiger partial charge in [0.1, 0.15) is 5.69 Å². The summed E-state index contributed by atoms with van der Waals surface area (Å²) < 4.78 is 40.0. The van der Waals surface area contributed by atoms with E-state index in [1.807, 2.05) is 0 Å². The minimum atomic E-state index is -4.67. The van der Waals surface area contributed by atoms with Crippen LogP contribution in [0.2, 0.25) is 0 Å². The third kappa shape index (κ3) is 5.67. The van der Waals surface area contributed by atoms with Crippen LogP contribution in [0.5, 0.6) is 0 Å². The molecule has 1 fully saturated rings. The summed E-state index contributed by atoms with van der Waals surface area (Å²) in [5.74, 6) is 6.69. The summed E-state index contributed by atoms with van der Waals surface area (Å²) in [6, 6.07) is 10.0. The summed E-state index contributed by atoms with van der Waals surface area (Å²) in [7, 11) is 1.77. The van der Waals surface area contributed by atoms with Crippen LogP contribution in [0.15, 0.2) is 54.7 Å². The van der Waals surface area contributed by atoms with Crippen LogP contribution in [0.25, 0.3) is 17.1 Å². The number of rotatable bonds is 5. The van der Waals surface area contributed by atoms with Crippen molar-refractivity contribution in [3.8, 4) is 11.4 Å². The molecule has 186 valence electrons. The largest absolute Gasteiger partial charge is 0.434 e. The number of fused-ring (bicyclic) bond motifs is 1. The molecule has 2 aliphatic rings. The van der Waals surface area contributed by atoms with E-state index in [-0.39, 0.29) is 5.56 Å². The van der Waals surface area contributed by atoms with E-state index in [0.29, 0.717) is 11.4 Å². The number of hydrazine groups is 1. The monoisotopic (exact) mass is 484 g/mol.